The maximum Gasteiger partial charge on any atom is 0.502 e. The van der Waals surface area contributed by atoms with Crippen LogP contribution in [-0.4, -0.2) is 36.7 Å². The quantitative estimate of drug-likeness (QED) is 0.436. The summed E-state index contributed by atoms with van der Waals surface area (Å²) < 4.78 is 103. The third kappa shape index (κ3) is 4.35. The Kier molecular flexibility index (Phi) is 6.77. The highest BCUT2D eigenvalue weighted by Crippen LogP contribution is 2.43. The van der Waals surface area contributed by atoms with Gasteiger partial charge in [-0.15, -0.1) is 0 Å². The molecule has 0 unspecified atom stereocenters. The van der Waals surface area contributed by atoms with E-state index in [1.165, 1.54) is 0 Å². The van der Waals surface area contributed by atoms with Crippen LogP contribution >= 0.6 is 23.2 Å². The van der Waals surface area contributed by atoms with Crippen LogP contribution in [0.3, 0.4) is 0 Å². The standard InChI is InChI=1S/C15H8Cl2F6N4O4S/c1-6(28)27(31-2)13-12(32(29,30)15(21,22)23)10(5-24)25-26(13)11-8(16)3-7(4-9(11)17)14(18,19)20/h3-4H,1-2H3. The van der Waals surface area contributed by atoms with Gasteiger partial charge in [0.1, 0.15) is 11.8 Å². The van der Waals surface area contributed by atoms with E-state index in [2.05, 4.69) is 9.94 Å². The van der Waals surface area contributed by atoms with E-state index in [0.717, 1.165) is 20.1 Å². The number of hydrogen-bond donors (Lipinski definition) is 0. The summed E-state index contributed by atoms with van der Waals surface area (Å²) in [5.74, 6) is -2.46. The zero-order chi connectivity index (χ0) is 24.8. The largest absolute Gasteiger partial charge is 0.502 e. The van der Waals surface area contributed by atoms with Crippen molar-refractivity contribution >= 4 is 44.8 Å². The van der Waals surface area contributed by atoms with Crippen molar-refractivity contribution in [3.05, 3.63) is 33.4 Å². The lowest BCUT2D eigenvalue weighted by atomic mass is 10.2. The topological polar surface area (TPSA) is 105 Å². The molecule has 1 aromatic heterocycles. The summed E-state index contributed by atoms with van der Waals surface area (Å²) in [6.07, 6.45) is -4.92. The Labute approximate surface area is 185 Å². The molecule has 0 fully saturated rings. The Morgan fingerprint density at radius 1 is 1.19 bits per heavy atom. The van der Waals surface area contributed by atoms with Gasteiger partial charge in [0.25, 0.3) is 9.84 Å². The Morgan fingerprint density at radius 3 is 2.03 bits per heavy atom. The summed E-state index contributed by atoms with van der Waals surface area (Å²) in [5, 5.41) is 10.9. The summed E-state index contributed by atoms with van der Waals surface area (Å²) in [5.41, 5.74) is -9.40. The molecule has 1 aromatic carbocycles. The molecule has 0 saturated carbocycles. The van der Waals surface area contributed by atoms with Gasteiger partial charge in [-0.25, -0.2) is 13.1 Å². The average molecular weight is 525 g/mol. The number of carbonyl (C=O) groups is 1. The van der Waals surface area contributed by atoms with Crippen LogP contribution < -0.4 is 5.06 Å². The normalized spacial score (nSPS) is 12.5. The zero-order valence-electron chi connectivity index (χ0n) is 15.5. The average Bonchev–Trinajstić information content (AvgIpc) is 2.99. The highest BCUT2D eigenvalue weighted by Gasteiger charge is 2.52. The molecule has 0 aliphatic carbocycles. The Hall–Kier alpha value is -2.54. The van der Waals surface area contributed by atoms with Crippen molar-refractivity contribution in [3.8, 4) is 11.8 Å². The second-order valence-electron chi connectivity index (χ2n) is 5.76. The molecule has 17 heteroatoms. The van der Waals surface area contributed by atoms with Gasteiger partial charge in [0.2, 0.25) is 5.91 Å². The molecular formula is C15H8Cl2F6N4O4S. The van der Waals surface area contributed by atoms with Crippen LogP contribution in [0.5, 0.6) is 0 Å². The molecule has 1 heterocycles. The fraction of sp³-hybridized carbons (Fsp3) is 0.267. The fourth-order valence-electron chi connectivity index (χ4n) is 2.46. The highest BCUT2D eigenvalue weighted by atomic mass is 35.5. The number of aromatic nitrogens is 2. The van der Waals surface area contributed by atoms with E-state index in [1.54, 1.807) is 0 Å². The number of hydroxylamine groups is 1. The number of halogens is 8. The van der Waals surface area contributed by atoms with Crippen LogP contribution in [0.1, 0.15) is 18.2 Å². The van der Waals surface area contributed by atoms with Crippen molar-refractivity contribution in [2.75, 3.05) is 12.2 Å². The predicted octanol–water partition coefficient (Wildman–Crippen LogP) is 4.28. The molecule has 32 heavy (non-hydrogen) atoms. The van der Waals surface area contributed by atoms with E-state index in [0.29, 0.717) is 12.1 Å². The number of anilines is 1. The highest BCUT2D eigenvalue weighted by molar-refractivity contribution is 7.92. The molecule has 0 spiro atoms. The molecule has 0 radical (unpaired) electrons. The third-order valence-corrected chi connectivity index (χ3v) is 5.81. The number of amides is 1. The minimum Gasteiger partial charge on any atom is -0.272 e. The molecule has 0 N–H and O–H groups in total. The molecule has 0 aliphatic heterocycles. The van der Waals surface area contributed by atoms with Crippen LogP contribution in [0, 0.1) is 11.3 Å². The number of hydrogen-bond acceptors (Lipinski definition) is 6. The van der Waals surface area contributed by atoms with Crippen molar-refractivity contribution in [3.63, 3.8) is 0 Å². The first-order valence-electron chi connectivity index (χ1n) is 7.74. The summed E-state index contributed by atoms with van der Waals surface area (Å²) in [4.78, 5) is 14.8. The number of benzene rings is 1. The second kappa shape index (κ2) is 8.43. The smallest absolute Gasteiger partial charge is 0.272 e. The summed E-state index contributed by atoms with van der Waals surface area (Å²) in [6.45, 7) is 0.757. The van der Waals surface area contributed by atoms with E-state index in [-0.39, 0.29) is 9.75 Å². The van der Waals surface area contributed by atoms with E-state index < -0.39 is 65.1 Å². The molecular weight excluding hydrogens is 517 g/mol. The summed E-state index contributed by atoms with van der Waals surface area (Å²) >= 11 is 11.7. The predicted molar refractivity (Wildman–Crippen MR) is 96.7 cm³/mol. The molecule has 0 saturated heterocycles. The van der Waals surface area contributed by atoms with Gasteiger partial charge in [0, 0.05) is 6.92 Å². The molecule has 0 bridgehead atoms. The first-order chi connectivity index (χ1) is 14.5. The van der Waals surface area contributed by atoms with Gasteiger partial charge in [-0.05, 0) is 12.1 Å². The molecule has 2 rings (SSSR count). The first kappa shape index (κ1) is 25.7. The summed E-state index contributed by atoms with van der Waals surface area (Å²) in [7, 11) is -5.56. The maximum absolute atomic E-state index is 13.3. The van der Waals surface area contributed by atoms with Crippen molar-refractivity contribution in [1.29, 1.82) is 5.26 Å². The number of nitrogens with zero attached hydrogens (tertiary/aromatic N) is 4. The van der Waals surface area contributed by atoms with Crippen LogP contribution in [0.4, 0.5) is 32.2 Å². The molecule has 0 aliphatic rings. The van der Waals surface area contributed by atoms with Crippen LogP contribution in [0.15, 0.2) is 17.0 Å². The fourth-order valence-corrected chi connectivity index (χ4v) is 4.09. The van der Waals surface area contributed by atoms with Crippen molar-refractivity contribution < 1.29 is 44.4 Å². The molecule has 174 valence electrons. The van der Waals surface area contributed by atoms with E-state index in [9.17, 15) is 44.8 Å². The minimum atomic E-state index is -6.33. The van der Waals surface area contributed by atoms with Gasteiger partial charge in [-0.1, -0.05) is 23.2 Å². The number of alkyl halides is 6. The lowest BCUT2D eigenvalue weighted by molar-refractivity contribution is -0.137. The van der Waals surface area contributed by atoms with E-state index >= 15 is 0 Å². The number of sulfone groups is 1. The number of nitriles is 1. The van der Waals surface area contributed by atoms with E-state index in [1.807, 2.05) is 0 Å². The van der Waals surface area contributed by atoms with Crippen LogP contribution in [0.2, 0.25) is 10.0 Å². The van der Waals surface area contributed by atoms with Crippen molar-refractivity contribution in [2.24, 2.45) is 0 Å². The third-order valence-electron chi connectivity index (χ3n) is 3.72. The van der Waals surface area contributed by atoms with Gasteiger partial charge in [-0.3, -0.25) is 9.63 Å². The molecule has 2 aromatic rings. The van der Waals surface area contributed by atoms with E-state index in [4.69, 9.17) is 23.2 Å². The maximum atomic E-state index is 13.3. The molecule has 1 amide bonds. The van der Waals surface area contributed by atoms with Crippen LogP contribution in [-0.2, 0) is 25.6 Å². The SMILES string of the molecule is CON(C(C)=O)c1c(S(=O)(=O)C(F)(F)F)c(C#N)nn1-c1c(Cl)cc(C(F)(F)F)cc1Cl. The van der Waals surface area contributed by atoms with Gasteiger partial charge < -0.3 is 0 Å². The lowest BCUT2D eigenvalue weighted by Crippen LogP contribution is -2.32. The molecule has 0 atom stereocenters. The number of carbonyl (C=O) groups excluding carboxylic acids is 1. The molecule has 8 nitrogen and oxygen atoms in total. The zero-order valence-corrected chi connectivity index (χ0v) is 17.8. The van der Waals surface area contributed by atoms with Gasteiger partial charge in [0.05, 0.1) is 22.7 Å². The second-order valence-corrected chi connectivity index (χ2v) is 8.45. The monoisotopic (exact) mass is 524 g/mol. The Balaban J connectivity index is 3.08. The van der Waals surface area contributed by atoms with Gasteiger partial charge >= 0.3 is 11.7 Å². The van der Waals surface area contributed by atoms with Gasteiger partial charge in [0.15, 0.2) is 16.4 Å². The number of rotatable bonds is 4. The first-order valence-corrected chi connectivity index (χ1v) is 9.98. The minimum absolute atomic E-state index is 0.0246. The van der Waals surface area contributed by atoms with Crippen molar-refractivity contribution in [2.45, 2.75) is 23.5 Å². The van der Waals surface area contributed by atoms with Crippen LogP contribution in [0.25, 0.3) is 5.69 Å². The summed E-state index contributed by atoms with van der Waals surface area (Å²) in [6, 6.07) is 1.80. The van der Waals surface area contributed by atoms with Crippen molar-refractivity contribution in [1.82, 2.24) is 9.78 Å². The Bertz CT molecular complexity index is 1210. The lowest BCUT2D eigenvalue weighted by Gasteiger charge is -2.22. The Morgan fingerprint density at radius 2 is 1.69 bits per heavy atom. The van der Waals surface area contributed by atoms with Gasteiger partial charge in [-0.2, -0.15) is 41.8 Å².